The number of hydrogen-bond donors (Lipinski definition) is 0. The molecule has 0 amide bonds. The Kier molecular flexibility index (Phi) is 7.31. The molecule has 1 aromatic carbocycles. The van der Waals surface area contributed by atoms with Crippen molar-refractivity contribution in [3.8, 4) is 0 Å². The first-order valence-corrected chi connectivity index (χ1v) is 8.89. The average Bonchev–Trinajstić information content (AvgIpc) is 3.09. The van der Waals surface area contributed by atoms with Gasteiger partial charge in [0.1, 0.15) is 11.0 Å². The second-order valence-electron chi connectivity index (χ2n) is 5.34. The molecule has 0 bridgehead atoms. The van der Waals surface area contributed by atoms with E-state index in [-0.39, 0.29) is 0 Å². The van der Waals surface area contributed by atoms with E-state index in [1.54, 1.807) is 30.1 Å². The highest BCUT2D eigenvalue weighted by Crippen LogP contribution is 2.30. The SMILES string of the molecule is C=C/C=C\C(=C/C=C)c1ccc(C(/C=C\C)=C/C=C)c2nn([B]P)nc12. The molecule has 0 saturated carbocycles. The van der Waals surface area contributed by atoms with Gasteiger partial charge in [0.25, 0.3) is 0 Å². The van der Waals surface area contributed by atoms with Crippen LogP contribution in [0.2, 0.25) is 0 Å². The van der Waals surface area contributed by atoms with Gasteiger partial charge in [-0.15, -0.1) is 9.12 Å². The summed E-state index contributed by atoms with van der Waals surface area (Å²) in [5, 5.41) is 9.25. The Morgan fingerprint density at radius 3 is 1.92 bits per heavy atom. The van der Waals surface area contributed by atoms with Gasteiger partial charge in [-0.3, -0.25) is 0 Å². The van der Waals surface area contributed by atoms with Crippen molar-refractivity contribution in [1.82, 2.24) is 14.9 Å². The van der Waals surface area contributed by atoms with Gasteiger partial charge in [-0.05, 0) is 18.1 Å². The summed E-state index contributed by atoms with van der Waals surface area (Å²) in [6.07, 6.45) is 17.1. The van der Waals surface area contributed by atoms with Gasteiger partial charge in [0, 0.05) is 11.1 Å². The van der Waals surface area contributed by atoms with Crippen LogP contribution >= 0.6 is 9.12 Å². The lowest BCUT2D eigenvalue weighted by atomic mass is 9.96. The van der Waals surface area contributed by atoms with E-state index in [2.05, 4.69) is 51.2 Å². The minimum atomic E-state index is 0.822. The molecule has 0 aliphatic heterocycles. The largest absolute Gasteiger partial charge is 0.334 e. The highest BCUT2D eigenvalue weighted by atomic mass is 31.0. The van der Waals surface area contributed by atoms with E-state index in [0.29, 0.717) is 0 Å². The molecule has 0 aliphatic rings. The van der Waals surface area contributed by atoms with Gasteiger partial charge in [0.2, 0.25) is 0 Å². The fraction of sp³-hybridized carbons (Fsp3) is 0.0476. The summed E-state index contributed by atoms with van der Waals surface area (Å²) in [5.41, 5.74) is 5.67. The van der Waals surface area contributed by atoms with E-state index in [0.717, 1.165) is 33.3 Å². The van der Waals surface area contributed by atoms with Crippen molar-refractivity contribution in [3.63, 3.8) is 0 Å². The Bertz CT molecular complexity index is 946. The lowest BCUT2D eigenvalue weighted by molar-refractivity contribution is 0.859. The quantitative estimate of drug-likeness (QED) is 0.371. The van der Waals surface area contributed by atoms with Crippen molar-refractivity contribution < 1.29 is 0 Å². The van der Waals surface area contributed by atoms with Crippen LogP contribution < -0.4 is 0 Å². The molecule has 129 valence electrons. The highest BCUT2D eigenvalue weighted by Gasteiger charge is 2.15. The van der Waals surface area contributed by atoms with E-state index < -0.39 is 0 Å². The molecule has 0 N–H and O–H groups in total. The smallest absolute Gasteiger partial charge is 0.237 e. The number of benzene rings is 1. The van der Waals surface area contributed by atoms with Gasteiger partial charge in [0.05, 0.1) is 0 Å². The highest BCUT2D eigenvalue weighted by molar-refractivity contribution is 7.55. The second kappa shape index (κ2) is 9.69. The maximum atomic E-state index is 4.62. The Morgan fingerprint density at radius 1 is 0.962 bits per heavy atom. The predicted molar refractivity (Wildman–Crippen MR) is 119 cm³/mol. The third-order valence-electron chi connectivity index (χ3n) is 3.66. The predicted octanol–water partition coefficient (Wildman–Crippen LogP) is 5.15. The standard InChI is InChI=1S/C21H22BN3P/c1-5-9-13-17(12-8-4)19-15-14-18(16(10-6-2)11-7-3)20-21(19)24-25(22-26)23-20/h5-15H,1-2,4,26H2,3H3/b11-7-,13-9-,16-10+,17-12+. The van der Waals surface area contributed by atoms with E-state index in [4.69, 9.17) is 0 Å². The van der Waals surface area contributed by atoms with Gasteiger partial charge in [-0.1, -0.05) is 86.6 Å². The molecule has 1 unspecified atom stereocenters. The Labute approximate surface area is 158 Å². The van der Waals surface area contributed by atoms with Gasteiger partial charge < -0.3 is 0 Å². The number of hydrogen-bond acceptors (Lipinski definition) is 2. The van der Waals surface area contributed by atoms with Crippen LogP contribution in [0.25, 0.3) is 22.2 Å². The molecule has 0 aliphatic carbocycles. The van der Waals surface area contributed by atoms with E-state index >= 15 is 0 Å². The zero-order valence-electron chi connectivity index (χ0n) is 15.0. The molecular formula is C21H22BN3P. The number of aromatic nitrogens is 3. The third-order valence-corrected chi connectivity index (χ3v) is 3.93. The number of rotatable bonds is 8. The maximum Gasteiger partial charge on any atom is 0.334 e. The van der Waals surface area contributed by atoms with Crippen molar-refractivity contribution in [2.75, 3.05) is 0 Å². The fourth-order valence-electron chi connectivity index (χ4n) is 2.62. The lowest BCUT2D eigenvalue weighted by Crippen LogP contribution is -2.02. The molecule has 0 spiro atoms. The van der Waals surface area contributed by atoms with Crippen molar-refractivity contribution in [3.05, 3.63) is 97.7 Å². The molecule has 2 rings (SSSR count). The molecule has 0 saturated heterocycles. The van der Waals surface area contributed by atoms with Crippen LogP contribution in [0.15, 0.2) is 86.6 Å². The van der Waals surface area contributed by atoms with Crippen molar-refractivity contribution in [2.45, 2.75) is 6.92 Å². The summed E-state index contributed by atoms with van der Waals surface area (Å²) in [4.78, 5) is 0. The third kappa shape index (κ3) is 4.28. The Morgan fingerprint density at radius 2 is 1.50 bits per heavy atom. The fourth-order valence-corrected chi connectivity index (χ4v) is 2.75. The first-order chi connectivity index (χ1) is 12.7. The number of fused-ring (bicyclic) bond motifs is 1. The van der Waals surface area contributed by atoms with Crippen LogP contribution in [0.5, 0.6) is 0 Å². The molecule has 1 heterocycles. The summed E-state index contributed by atoms with van der Waals surface area (Å²) >= 11 is 0. The molecule has 2 aromatic rings. The van der Waals surface area contributed by atoms with Gasteiger partial charge in [0.15, 0.2) is 0 Å². The molecule has 5 heteroatoms. The number of nitrogens with zero attached hydrogens (tertiary/aromatic N) is 3. The average molecular weight is 358 g/mol. The minimum Gasteiger partial charge on any atom is -0.237 e. The summed E-state index contributed by atoms with van der Waals surface area (Å²) in [6.45, 7) is 13.4. The molecule has 0 fully saturated rings. The normalized spacial score (nSPS) is 12.8. The zero-order chi connectivity index (χ0) is 18.9. The summed E-state index contributed by atoms with van der Waals surface area (Å²) in [6, 6.07) is 4.12. The zero-order valence-corrected chi connectivity index (χ0v) is 16.1. The van der Waals surface area contributed by atoms with Crippen LogP contribution in [0.3, 0.4) is 0 Å². The molecule has 1 atom stereocenters. The van der Waals surface area contributed by atoms with Crippen LogP contribution in [0.4, 0.5) is 0 Å². The van der Waals surface area contributed by atoms with E-state index in [1.807, 2.05) is 43.4 Å². The second-order valence-corrected chi connectivity index (χ2v) is 5.64. The van der Waals surface area contributed by atoms with Crippen LogP contribution in [0.1, 0.15) is 18.1 Å². The molecule has 26 heavy (non-hydrogen) atoms. The summed E-state index contributed by atoms with van der Waals surface area (Å²) < 4.78 is 1.56. The topological polar surface area (TPSA) is 30.7 Å². The molecular weight excluding hydrogens is 336 g/mol. The van der Waals surface area contributed by atoms with Crippen LogP contribution in [-0.2, 0) is 0 Å². The minimum absolute atomic E-state index is 0.822. The van der Waals surface area contributed by atoms with Crippen LogP contribution in [0, 0.1) is 0 Å². The maximum absolute atomic E-state index is 4.62. The van der Waals surface area contributed by atoms with Crippen molar-refractivity contribution in [1.29, 1.82) is 0 Å². The summed E-state index contributed by atoms with van der Waals surface area (Å²) in [5.74, 6) is 0. The molecule has 1 radical (unpaired) electrons. The molecule has 1 aromatic heterocycles. The Balaban J connectivity index is 2.81. The van der Waals surface area contributed by atoms with Gasteiger partial charge >= 0.3 is 7.13 Å². The molecule has 3 nitrogen and oxygen atoms in total. The first kappa shape index (κ1) is 19.6. The van der Waals surface area contributed by atoms with Gasteiger partial charge in [-0.2, -0.15) is 10.2 Å². The van der Waals surface area contributed by atoms with E-state index in [9.17, 15) is 0 Å². The van der Waals surface area contributed by atoms with Crippen LogP contribution in [-0.4, -0.2) is 22.0 Å². The lowest BCUT2D eigenvalue weighted by Gasteiger charge is -2.08. The monoisotopic (exact) mass is 358 g/mol. The van der Waals surface area contributed by atoms with Gasteiger partial charge in [-0.25, -0.2) is 4.71 Å². The van der Waals surface area contributed by atoms with E-state index in [1.165, 1.54) is 0 Å². The van der Waals surface area contributed by atoms with Crippen molar-refractivity contribution >= 4 is 38.4 Å². The number of allylic oxidation sites excluding steroid dienone is 11. The first-order valence-electron chi connectivity index (χ1n) is 8.22. The van der Waals surface area contributed by atoms with Crippen molar-refractivity contribution in [2.24, 2.45) is 0 Å². The summed E-state index contributed by atoms with van der Waals surface area (Å²) in [7, 11) is 4.27. The Hall–Kier alpha value is -2.71.